The highest BCUT2D eigenvalue weighted by Crippen LogP contribution is 2.24. The van der Waals surface area contributed by atoms with Gasteiger partial charge < -0.3 is 14.5 Å². The fourth-order valence-electron chi connectivity index (χ4n) is 2.77. The molecule has 0 aromatic heterocycles. The molecule has 1 fully saturated rings. The molecule has 0 unspecified atom stereocenters. The normalized spacial score (nSPS) is 18.1. The smallest absolute Gasteiger partial charge is 0.242 e. The Morgan fingerprint density at radius 1 is 1.30 bits per heavy atom. The van der Waals surface area contributed by atoms with Gasteiger partial charge in [-0.2, -0.15) is 0 Å². The van der Waals surface area contributed by atoms with Crippen LogP contribution in [-0.2, 0) is 9.59 Å². The van der Waals surface area contributed by atoms with Gasteiger partial charge in [-0.25, -0.2) is 0 Å². The molecule has 2 aliphatic heterocycles. The van der Waals surface area contributed by atoms with Gasteiger partial charge in [-0.15, -0.1) is 11.8 Å². The second-order valence-corrected chi connectivity index (χ2v) is 6.57. The molecule has 1 aromatic carbocycles. The van der Waals surface area contributed by atoms with Crippen LogP contribution in [-0.4, -0.2) is 60.0 Å². The fourth-order valence-corrected chi connectivity index (χ4v) is 3.67. The SMILES string of the molecule is COc1ccc(C2=CCN(C(=O)CN3CSCC3=O)CC2)cc1. The lowest BCUT2D eigenvalue weighted by molar-refractivity contribution is -0.137. The minimum atomic E-state index is 0.0332. The lowest BCUT2D eigenvalue weighted by Gasteiger charge is -2.28. The van der Waals surface area contributed by atoms with E-state index in [0.717, 1.165) is 12.2 Å². The number of rotatable bonds is 4. The third-order valence-electron chi connectivity index (χ3n) is 4.17. The summed E-state index contributed by atoms with van der Waals surface area (Å²) < 4.78 is 5.17. The van der Waals surface area contributed by atoms with Gasteiger partial charge in [-0.1, -0.05) is 18.2 Å². The Hall–Kier alpha value is -1.95. The van der Waals surface area contributed by atoms with Gasteiger partial charge in [0.15, 0.2) is 0 Å². The minimum absolute atomic E-state index is 0.0332. The molecular formula is C17H20N2O3S. The van der Waals surface area contributed by atoms with Gasteiger partial charge in [0.1, 0.15) is 12.3 Å². The van der Waals surface area contributed by atoms with Crippen LogP contribution in [0.4, 0.5) is 0 Å². The number of carbonyl (C=O) groups excluding carboxylic acids is 2. The molecule has 23 heavy (non-hydrogen) atoms. The van der Waals surface area contributed by atoms with Gasteiger partial charge in [0, 0.05) is 13.1 Å². The van der Waals surface area contributed by atoms with Crippen LogP contribution in [0.2, 0.25) is 0 Å². The van der Waals surface area contributed by atoms with Crippen molar-refractivity contribution in [3.63, 3.8) is 0 Å². The van der Waals surface area contributed by atoms with Crippen LogP contribution in [0, 0.1) is 0 Å². The topological polar surface area (TPSA) is 49.9 Å². The molecule has 0 aliphatic carbocycles. The molecule has 6 heteroatoms. The molecule has 2 heterocycles. The van der Waals surface area contributed by atoms with Crippen LogP contribution in [0.3, 0.4) is 0 Å². The van der Waals surface area contributed by atoms with Crippen molar-refractivity contribution in [3.05, 3.63) is 35.9 Å². The zero-order chi connectivity index (χ0) is 16.2. The van der Waals surface area contributed by atoms with E-state index in [1.165, 1.54) is 11.1 Å². The van der Waals surface area contributed by atoms with E-state index >= 15 is 0 Å². The first kappa shape index (κ1) is 15.9. The van der Waals surface area contributed by atoms with Gasteiger partial charge in [0.25, 0.3) is 0 Å². The summed E-state index contributed by atoms with van der Waals surface area (Å²) in [6.45, 7) is 1.51. The van der Waals surface area contributed by atoms with E-state index in [1.807, 2.05) is 29.2 Å². The highest BCUT2D eigenvalue weighted by Gasteiger charge is 2.26. The molecule has 0 bridgehead atoms. The van der Waals surface area contributed by atoms with Crippen LogP contribution in [0.5, 0.6) is 5.75 Å². The maximum Gasteiger partial charge on any atom is 0.242 e. The standard InChI is InChI=1S/C17H20N2O3S/c1-22-15-4-2-13(3-5-15)14-6-8-18(9-7-14)16(20)10-19-12-23-11-17(19)21/h2-6H,7-12H2,1H3. The van der Waals surface area contributed by atoms with Gasteiger partial charge in [0.2, 0.25) is 11.8 Å². The Morgan fingerprint density at radius 3 is 2.65 bits per heavy atom. The largest absolute Gasteiger partial charge is 0.497 e. The molecule has 122 valence electrons. The average Bonchev–Trinajstić information content (AvgIpc) is 3.00. The predicted octanol–water partition coefficient (Wildman–Crippen LogP) is 1.84. The third kappa shape index (κ3) is 3.69. The van der Waals surface area contributed by atoms with Crippen molar-refractivity contribution in [2.24, 2.45) is 0 Å². The van der Waals surface area contributed by atoms with Crippen molar-refractivity contribution < 1.29 is 14.3 Å². The number of carbonyl (C=O) groups is 2. The molecule has 2 aliphatic rings. The van der Waals surface area contributed by atoms with Crippen LogP contribution in [0.15, 0.2) is 30.3 Å². The Labute approximate surface area is 140 Å². The molecule has 3 rings (SSSR count). The molecule has 2 amide bonds. The van der Waals surface area contributed by atoms with Crippen LogP contribution in [0.1, 0.15) is 12.0 Å². The van der Waals surface area contributed by atoms with Crippen LogP contribution in [0.25, 0.3) is 5.57 Å². The number of hydrogen-bond donors (Lipinski definition) is 0. The molecule has 1 saturated heterocycles. The van der Waals surface area contributed by atoms with E-state index in [4.69, 9.17) is 4.74 Å². The molecule has 0 spiro atoms. The molecule has 0 radical (unpaired) electrons. The summed E-state index contributed by atoms with van der Waals surface area (Å²) in [4.78, 5) is 27.4. The number of ether oxygens (including phenoxy) is 1. The maximum absolute atomic E-state index is 12.3. The maximum atomic E-state index is 12.3. The van der Waals surface area contributed by atoms with E-state index in [9.17, 15) is 9.59 Å². The number of thioether (sulfide) groups is 1. The Balaban J connectivity index is 1.58. The number of amides is 2. The van der Waals surface area contributed by atoms with E-state index in [0.29, 0.717) is 24.7 Å². The summed E-state index contributed by atoms with van der Waals surface area (Å²) in [6.07, 6.45) is 2.94. The number of hydrogen-bond acceptors (Lipinski definition) is 4. The van der Waals surface area contributed by atoms with E-state index < -0.39 is 0 Å². The van der Waals surface area contributed by atoms with Crippen molar-refractivity contribution in [1.82, 2.24) is 9.80 Å². The summed E-state index contributed by atoms with van der Waals surface area (Å²) in [6, 6.07) is 7.99. The zero-order valence-corrected chi connectivity index (χ0v) is 14.0. The summed E-state index contributed by atoms with van der Waals surface area (Å²) in [7, 11) is 1.65. The van der Waals surface area contributed by atoms with Gasteiger partial charge in [-0.05, 0) is 29.7 Å². The first-order chi connectivity index (χ1) is 11.2. The van der Waals surface area contributed by atoms with Gasteiger partial charge >= 0.3 is 0 Å². The van der Waals surface area contributed by atoms with Crippen molar-refractivity contribution in [1.29, 1.82) is 0 Å². The van der Waals surface area contributed by atoms with Crippen molar-refractivity contribution in [2.45, 2.75) is 6.42 Å². The van der Waals surface area contributed by atoms with Crippen LogP contribution >= 0.6 is 11.8 Å². The van der Waals surface area contributed by atoms with E-state index in [1.54, 1.807) is 23.8 Å². The first-order valence-corrected chi connectivity index (χ1v) is 8.79. The lowest BCUT2D eigenvalue weighted by atomic mass is 9.99. The summed E-state index contributed by atoms with van der Waals surface area (Å²) in [5.74, 6) is 2.07. The number of nitrogens with zero attached hydrogens (tertiary/aromatic N) is 2. The lowest BCUT2D eigenvalue weighted by Crippen LogP contribution is -2.42. The number of benzene rings is 1. The minimum Gasteiger partial charge on any atom is -0.497 e. The second-order valence-electron chi connectivity index (χ2n) is 5.62. The highest BCUT2D eigenvalue weighted by atomic mass is 32.2. The Bertz CT molecular complexity index is 627. The Kier molecular flexibility index (Phi) is 4.91. The van der Waals surface area contributed by atoms with Crippen molar-refractivity contribution in [3.8, 4) is 5.75 Å². The molecular weight excluding hydrogens is 312 g/mol. The quantitative estimate of drug-likeness (QED) is 0.844. The molecule has 0 saturated carbocycles. The molecule has 5 nitrogen and oxygen atoms in total. The van der Waals surface area contributed by atoms with Crippen LogP contribution < -0.4 is 4.74 Å². The summed E-state index contributed by atoms with van der Waals surface area (Å²) >= 11 is 1.56. The highest BCUT2D eigenvalue weighted by molar-refractivity contribution is 8.00. The average molecular weight is 332 g/mol. The first-order valence-electron chi connectivity index (χ1n) is 7.64. The molecule has 0 N–H and O–H groups in total. The number of methoxy groups -OCH3 is 1. The van der Waals surface area contributed by atoms with Crippen molar-refractivity contribution in [2.75, 3.05) is 38.4 Å². The third-order valence-corrected chi connectivity index (χ3v) is 5.12. The zero-order valence-electron chi connectivity index (χ0n) is 13.2. The Morgan fingerprint density at radius 2 is 2.09 bits per heavy atom. The monoisotopic (exact) mass is 332 g/mol. The van der Waals surface area contributed by atoms with Gasteiger partial charge in [0.05, 0.1) is 18.7 Å². The summed E-state index contributed by atoms with van der Waals surface area (Å²) in [5.41, 5.74) is 2.42. The van der Waals surface area contributed by atoms with E-state index in [-0.39, 0.29) is 18.4 Å². The van der Waals surface area contributed by atoms with Crippen molar-refractivity contribution >= 4 is 29.1 Å². The van der Waals surface area contributed by atoms with E-state index in [2.05, 4.69) is 6.08 Å². The fraction of sp³-hybridized carbons (Fsp3) is 0.412. The summed E-state index contributed by atoms with van der Waals surface area (Å²) in [5, 5.41) is 0. The molecule has 0 atom stereocenters. The second kappa shape index (κ2) is 7.08. The molecule has 1 aromatic rings. The predicted molar refractivity (Wildman–Crippen MR) is 91.2 cm³/mol. The van der Waals surface area contributed by atoms with Gasteiger partial charge in [-0.3, -0.25) is 9.59 Å².